The number of nitrogens with one attached hydrogen (secondary N) is 1. The molecule has 0 aliphatic carbocycles. The summed E-state index contributed by atoms with van der Waals surface area (Å²) in [7, 11) is 0. The van der Waals surface area contributed by atoms with Gasteiger partial charge in [0.15, 0.2) is 0 Å². The minimum atomic E-state index is -0.833. The number of carbonyl (C=O) groups is 1. The second-order valence-corrected chi connectivity index (χ2v) is 6.51. The lowest BCUT2D eigenvalue weighted by Crippen LogP contribution is -2.05. The van der Waals surface area contributed by atoms with E-state index in [0.29, 0.717) is 12.4 Å². The number of halogens is 1. The molecule has 1 heterocycles. The number of nitrogen functional groups attached to an aromatic ring is 2. The van der Waals surface area contributed by atoms with Gasteiger partial charge >= 0.3 is 0 Å². The van der Waals surface area contributed by atoms with Crippen LogP contribution in [0.4, 0.5) is 17.5 Å². The fourth-order valence-electron chi connectivity index (χ4n) is 2.47. The Kier molecular flexibility index (Phi) is 7.95. The average molecular weight is 436 g/mol. The van der Waals surface area contributed by atoms with Crippen LogP contribution in [0.25, 0.3) is 10.9 Å². The number of aliphatic carboxylic acids is 1. The Bertz CT molecular complexity index is 946. The third-order valence-corrected chi connectivity index (χ3v) is 4.08. The Balaban J connectivity index is 0.000000666. The lowest BCUT2D eigenvalue weighted by atomic mass is 10.0. The van der Waals surface area contributed by atoms with Gasteiger partial charge in [-0.15, -0.1) is 0 Å². The number of hydrogen-bond donors (Lipinski definition) is 4. The first-order valence-electron chi connectivity index (χ1n) is 7.78. The summed E-state index contributed by atoms with van der Waals surface area (Å²) < 4.78 is 1.04. The normalized spacial score (nSPS) is 9.74. The number of aryl methyl sites for hydroxylation is 1. The summed E-state index contributed by atoms with van der Waals surface area (Å²) in [5.74, 6) is -0.214. The maximum Gasteiger partial charge on any atom is 0.300 e. The standard InChI is InChI=1S/C16H16BrN5.C2H4O2.H2O/c1-9-10(8-20-12-4-2-3-11(17)7-12)5-6-13-14(9)15(18)22-16(19)21-13;1-2(3)4;/h2-7,20H,8H2,1H3,(H4,18,19,21,22);1H3,(H,3,4);1H2. The van der Waals surface area contributed by atoms with Gasteiger partial charge in [0.25, 0.3) is 5.97 Å². The SMILES string of the molecule is CC(=O)O.Cc1c(CNc2cccc(Br)c2)ccc2nc(N)nc(N)c12.O. The number of anilines is 3. The predicted molar refractivity (Wildman–Crippen MR) is 111 cm³/mol. The highest BCUT2D eigenvalue weighted by Gasteiger charge is 2.09. The third kappa shape index (κ3) is 6.08. The van der Waals surface area contributed by atoms with E-state index in [9.17, 15) is 0 Å². The fraction of sp³-hybridized carbons (Fsp3) is 0.167. The van der Waals surface area contributed by atoms with E-state index in [1.54, 1.807) is 0 Å². The molecule has 3 aromatic rings. The second-order valence-electron chi connectivity index (χ2n) is 5.59. The van der Waals surface area contributed by atoms with Gasteiger partial charge in [-0.2, -0.15) is 4.98 Å². The summed E-state index contributed by atoms with van der Waals surface area (Å²) >= 11 is 3.47. The molecule has 27 heavy (non-hydrogen) atoms. The van der Waals surface area contributed by atoms with E-state index in [-0.39, 0.29) is 11.4 Å². The van der Waals surface area contributed by atoms with Crippen molar-refractivity contribution in [1.82, 2.24) is 9.97 Å². The van der Waals surface area contributed by atoms with E-state index in [4.69, 9.17) is 21.4 Å². The van der Waals surface area contributed by atoms with Crippen LogP contribution >= 0.6 is 15.9 Å². The first-order valence-corrected chi connectivity index (χ1v) is 8.57. The van der Waals surface area contributed by atoms with E-state index in [0.717, 1.165) is 39.1 Å². The molecule has 0 amide bonds. The monoisotopic (exact) mass is 435 g/mol. The highest BCUT2D eigenvalue weighted by atomic mass is 79.9. The molecule has 2 aromatic carbocycles. The molecule has 0 spiro atoms. The second kappa shape index (κ2) is 9.70. The molecular weight excluding hydrogens is 414 g/mol. The Labute approximate surface area is 165 Å². The van der Waals surface area contributed by atoms with Crippen LogP contribution in [0.2, 0.25) is 0 Å². The number of carboxylic acids is 1. The van der Waals surface area contributed by atoms with Gasteiger partial charge in [-0.05, 0) is 42.3 Å². The zero-order chi connectivity index (χ0) is 19.3. The van der Waals surface area contributed by atoms with Crippen LogP contribution in [0.15, 0.2) is 40.9 Å². The lowest BCUT2D eigenvalue weighted by molar-refractivity contribution is -0.134. The summed E-state index contributed by atoms with van der Waals surface area (Å²) in [5.41, 5.74) is 15.7. The van der Waals surface area contributed by atoms with Gasteiger partial charge in [0.1, 0.15) is 5.82 Å². The topological polar surface area (TPSA) is 159 Å². The molecule has 0 saturated carbocycles. The van der Waals surface area contributed by atoms with Gasteiger partial charge < -0.3 is 27.4 Å². The number of carboxylic acid groups (broad SMARTS) is 1. The maximum atomic E-state index is 9.00. The van der Waals surface area contributed by atoms with Crippen molar-refractivity contribution in [3.63, 3.8) is 0 Å². The number of benzene rings is 2. The predicted octanol–water partition coefficient (Wildman–Crippen LogP) is 2.74. The molecule has 0 saturated heterocycles. The van der Waals surface area contributed by atoms with Gasteiger partial charge in [-0.1, -0.05) is 28.1 Å². The molecule has 0 unspecified atom stereocenters. The van der Waals surface area contributed by atoms with E-state index >= 15 is 0 Å². The van der Waals surface area contributed by atoms with Crippen LogP contribution in [0.3, 0.4) is 0 Å². The van der Waals surface area contributed by atoms with Crippen LogP contribution in [0.5, 0.6) is 0 Å². The van der Waals surface area contributed by atoms with Gasteiger partial charge in [0.05, 0.1) is 5.52 Å². The van der Waals surface area contributed by atoms with Crippen molar-refractivity contribution in [3.05, 3.63) is 52.0 Å². The van der Waals surface area contributed by atoms with Gasteiger partial charge in [-0.3, -0.25) is 4.79 Å². The number of rotatable bonds is 3. The first-order chi connectivity index (χ1) is 12.3. The molecule has 0 radical (unpaired) electrons. The van der Waals surface area contributed by atoms with Crippen LogP contribution in [0, 0.1) is 6.92 Å². The van der Waals surface area contributed by atoms with Gasteiger partial charge in [0.2, 0.25) is 5.95 Å². The van der Waals surface area contributed by atoms with Crippen LogP contribution in [-0.2, 0) is 11.3 Å². The zero-order valence-electron chi connectivity index (χ0n) is 15.0. The quantitative estimate of drug-likeness (QED) is 0.491. The van der Waals surface area contributed by atoms with E-state index in [1.165, 1.54) is 0 Å². The van der Waals surface area contributed by atoms with Crippen molar-refractivity contribution in [1.29, 1.82) is 0 Å². The molecule has 8 nitrogen and oxygen atoms in total. The van der Waals surface area contributed by atoms with Crippen molar-refractivity contribution in [2.45, 2.75) is 20.4 Å². The van der Waals surface area contributed by atoms with E-state index < -0.39 is 5.97 Å². The maximum absolute atomic E-state index is 9.00. The van der Waals surface area contributed by atoms with Crippen molar-refractivity contribution in [2.75, 3.05) is 16.8 Å². The number of hydrogen-bond acceptors (Lipinski definition) is 6. The highest BCUT2D eigenvalue weighted by Crippen LogP contribution is 2.26. The zero-order valence-corrected chi connectivity index (χ0v) is 16.5. The summed E-state index contributed by atoms with van der Waals surface area (Å²) in [6, 6.07) is 12.0. The van der Waals surface area contributed by atoms with Crippen molar-refractivity contribution >= 4 is 50.3 Å². The van der Waals surface area contributed by atoms with Crippen LogP contribution in [-0.4, -0.2) is 26.5 Å². The highest BCUT2D eigenvalue weighted by molar-refractivity contribution is 9.10. The van der Waals surface area contributed by atoms with Gasteiger partial charge in [-0.25, -0.2) is 4.98 Å². The van der Waals surface area contributed by atoms with E-state index in [1.807, 2.05) is 43.3 Å². The first kappa shape index (κ1) is 22.1. The molecule has 0 fully saturated rings. The Morgan fingerprint density at radius 3 is 2.52 bits per heavy atom. The molecule has 0 aliphatic heterocycles. The Hall–Kier alpha value is -2.91. The molecule has 144 valence electrons. The molecule has 0 atom stereocenters. The van der Waals surface area contributed by atoms with Crippen LogP contribution in [0.1, 0.15) is 18.1 Å². The van der Waals surface area contributed by atoms with Gasteiger partial charge in [0, 0.05) is 29.0 Å². The molecule has 1 aromatic heterocycles. The van der Waals surface area contributed by atoms with Crippen molar-refractivity contribution in [2.24, 2.45) is 0 Å². The number of aromatic nitrogens is 2. The number of nitrogens with zero attached hydrogens (tertiary/aromatic N) is 2. The largest absolute Gasteiger partial charge is 0.481 e. The Morgan fingerprint density at radius 2 is 1.89 bits per heavy atom. The minimum Gasteiger partial charge on any atom is -0.481 e. The summed E-state index contributed by atoms with van der Waals surface area (Å²) in [4.78, 5) is 17.3. The molecular formula is C18H22BrN5O3. The third-order valence-electron chi connectivity index (χ3n) is 3.59. The van der Waals surface area contributed by atoms with Crippen molar-refractivity contribution < 1.29 is 15.4 Å². The Morgan fingerprint density at radius 1 is 1.22 bits per heavy atom. The smallest absolute Gasteiger partial charge is 0.300 e. The summed E-state index contributed by atoms with van der Waals surface area (Å²) in [5, 5.41) is 11.7. The molecule has 8 N–H and O–H groups in total. The average Bonchev–Trinajstić information content (AvgIpc) is 2.53. The lowest BCUT2D eigenvalue weighted by Gasteiger charge is -2.12. The van der Waals surface area contributed by atoms with Crippen LogP contribution < -0.4 is 16.8 Å². The summed E-state index contributed by atoms with van der Waals surface area (Å²) in [6.07, 6.45) is 0. The molecule has 9 heteroatoms. The number of nitrogens with two attached hydrogens (primary N) is 2. The fourth-order valence-corrected chi connectivity index (χ4v) is 2.87. The molecule has 3 rings (SSSR count). The summed E-state index contributed by atoms with van der Waals surface area (Å²) in [6.45, 7) is 3.80. The number of fused-ring (bicyclic) bond motifs is 1. The van der Waals surface area contributed by atoms with E-state index in [2.05, 4.69) is 31.2 Å². The molecule has 0 bridgehead atoms. The molecule has 0 aliphatic rings. The minimum absolute atomic E-state index is 0. The van der Waals surface area contributed by atoms with Crippen molar-refractivity contribution in [3.8, 4) is 0 Å².